The monoisotopic (exact) mass is 1860 g/mol. The van der Waals surface area contributed by atoms with Crippen LogP contribution in [0.15, 0.2) is 97.7 Å². The molecule has 28 N–H and O–H groups in total. The van der Waals surface area contributed by atoms with Crippen LogP contribution in [-0.2, 0) is 107 Å². The Balaban J connectivity index is 1.03. The third-order valence-electron chi connectivity index (χ3n) is 22.7. The van der Waals surface area contributed by atoms with Gasteiger partial charge in [-0.15, -0.1) is 11.8 Å². The van der Waals surface area contributed by atoms with Crippen molar-refractivity contribution in [3.8, 4) is 5.75 Å². The summed E-state index contributed by atoms with van der Waals surface area (Å²) >= 11 is 0.867. The Morgan fingerprint density at radius 1 is 0.561 bits per heavy atom. The molecular formula is C86H121N25O20S. The topological polar surface area (TPSA) is 710 Å². The summed E-state index contributed by atoms with van der Waals surface area (Å²) in [5, 5.41) is 69.7. The highest BCUT2D eigenvalue weighted by atomic mass is 32.2. The van der Waals surface area contributed by atoms with Crippen LogP contribution in [0.4, 0.5) is 0 Å². The number of thioether (sulfide) groups is 1. The van der Waals surface area contributed by atoms with Crippen LogP contribution < -0.4 is 87.2 Å². The highest BCUT2D eigenvalue weighted by Gasteiger charge is 2.46. The predicted molar refractivity (Wildman–Crippen MR) is 482 cm³/mol. The van der Waals surface area contributed by atoms with Crippen LogP contribution in [0.3, 0.4) is 0 Å². The number of amides is 17. The van der Waals surface area contributed by atoms with Gasteiger partial charge in [-0.05, 0) is 79.5 Å². The second kappa shape index (κ2) is 50.4. The summed E-state index contributed by atoms with van der Waals surface area (Å²) in [7, 11) is 4.05. The maximum absolute atomic E-state index is 15.7. The van der Waals surface area contributed by atoms with Crippen molar-refractivity contribution in [2.45, 2.75) is 208 Å². The molecule has 0 radical (unpaired) electrons. The summed E-state index contributed by atoms with van der Waals surface area (Å²) in [5.41, 5.74) is 31.0. The summed E-state index contributed by atoms with van der Waals surface area (Å²) in [4.78, 5) is 257. The average Bonchev–Trinajstić information content (AvgIpc) is 1.46. The number of H-pyrrole nitrogens is 3. The predicted octanol–water partition coefficient (Wildman–Crippen LogP) is -5.37. The number of likely N-dealkylation sites (N-methyl/N-ethyl adjacent to an activating group) is 3. The number of aromatic hydroxyl groups is 1. The normalized spacial score (nSPS) is 16.6. The van der Waals surface area contributed by atoms with Crippen molar-refractivity contribution < 1.29 is 96.8 Å². The van der Waals surface area contributed by atoms with Gasteiger partial charge < -0.3 is 137 Å². The number of rotatable bonds is 52. The van der Waals surface area contributed by atoms with Gasteiger partial charge in [0.25, 0.3) is 0 Å². The van der Waals surface area contributed by atoms with Gasteiger partial charge in [0.1, 0.15) is 78.3 Å². The molecule has 0 bridgehead atoms. The molecule has 2 aliphatic rings. The first-order valence-corrected chi connectivity index (χ1v) is 44.6. The number of primary amides is 3. The van der Waals surface area contributed by atoms with E-state index in [2.05, 4.69) is 78.4 Å². The Bertz CT molecular complexity index is 5070. The minimum absolute atomic E-state index is 0.00811. The molecule has 14 atom stereocenters. The zero-order valence-electron chi connectivity index (χ0n) is 74.1. The number of nitrogens with two attached hydrogens (primary N) is 5. The van der Waals surface area contributed by atoms with E-state index in [9.17, 15) is 68.1 Å². The molecule has 17 amide bonds. The maximum Gasteiger partial charge on any atom is 0.246 e. The first kappa shape index (κ1) is 104. The van der Waals surface area contributed by atoms with Crippen LogP contribution in [0.1, 0.15) is 120 Å². The standard InChI is InChI=1S/C86H121N25O20S/c1-6-8-21-65(79(125)101-57(20-14-28-95-86(91)92)75(121)107-64(74(120)98-40-71(90)117)43-132-44-72(118)100-58(73(119)93-3)30-46-24-26-50(113)27-25-46)108(4)85(131)67(22-9-7-2)109(5)83(129)61(32-48-38-97-56-19-13-11-17-53(48)56)104-78(124)63(42-112)106-76(122)59(31-47-37-96-55-18-12-10-16-52(47)55)102-81(127)68-34-51(114)41-111(68)84(130)62(36-70(89)116)105-77(123)60(33-49-39-94-45-99-49)103-80(126)66-23-15-29-110(66)82(128)54(87)35-69(88)115/h10-13,16-19,24-27,37-39,45,51,54,57-68,96-97,112-114H,6-9,14-15,20-23,28-36,40-44,87H2,1-5H3,(H2,88,115)(H2,89,116)(H2,90,117)(H,93,119)(H,94,99)(H,98,120)(H,100,118)(H,101,125)(H,102,127)(H,103,126)(H,104,124)(H,105,123)(H,106,122)(H,107,121)(H4,91,92,95)/t51-,54+,57+,58+,59+,60+,61+,62+,63+,64?,65+,66+,67+,68+/m1/s1. The van der Waals surface area contributed by atoms with E-state index in [1.165, 1.54) is 45.8 Å². The number of aliphatic hydroxyl groups is 2. The number of aromatic nitrogens is 4. The molecule has 5 heterocycles. The second-order valence-corrected chi connectivity index (χ2v) is 33.6. The van der Waals surface area contributed by atoms with E-state index in [1.807, 2.05) is 13.8 Å². The van der Waals surface area contributed by atoms with Gasteiger partial charge in [-0.2, -0.15) is 0 Å². The number of phenolic OH excluding ortho intramolecular Hbond substituents is 1. The van der Waals surface area contributed by atoms with Gasteiger partial charge in [0.05, 0.1) is 50.2 Å². The third kappa shape index (κ3) is 29.9. The zero-order chi connectivity index (χ0) is 96.6. The lowest BCUT2D eigenvalue weighted by atomic mass is 10.00. The van der Waals surface area contributed by atoms with Gasteiger partial charge in [-0.1, -0.05) is 88.1 Å². The Morgan fingerprint density at radius 3 is 1.69 bits per heavy atom. The lowest BCUT2D eigenvalue weighted by molar-refractivity contribution is -0.149. The summed E-state index contributed by atoms with van der Waals surface area (Å²) in [6.07, 6.45) is 3.52. The van der Waals surface area contributed by atoms with Crippen LogP contribution in [0, 0.1) is 5.41 Å². The molecule has 0 saturated carbocycles. The van der Waals surface area contributed by atoms with Gasteiger partial charge in [-0.25, -0.2) is 4.98 Å². The van der Waals surface area contributed by atoms with Crippen molar-refractivity contribution >= 4 is 140 Å². The number of likely N-dealkylation sites (tertiary alicyclic amines) is 2. The molecule has 132 heavy (non-hydrogen) atoms. The summed E-state index contributed by atoms with van der Waals surface area (Å²) in [6.45, 7) is 1.37. The number of benzene rings is 3. The molecule has 0 aliphatic carbocycles. The molecule has 45 nitrogen and oxygen atoms in total. The summed E-state index contributed by atoms with van der Waals surface area (Å²) < 4.78 is 0. The number of nitrogens with zero attached hydrogens (tertiary/aromatic N) is 5. The SMILES string of the molecule is CCCC[C@@H](C(=O)N(C)[C@@H](CCCC)C(=O)N[C@@H](CCCNC(=N)N)C(=O)NC(CSCC(=O)N[C@@H](Cc1ccc(O)cc1)C(=O)NC)C(=O)NCC(N)=O)N(C)C(=O)[C@H](Cc1c[nH]c2ccccc12)NC(=O)[C@H](CO)NC(=O)[C@H](Cc1c[nH]c2ccccc12)NC(=O)[C@@H]1C[C@@H](O)CN1C(=O)[C@H](CC(N)=O)NC(=O)[C@H](Cc1cnc[nH]1)NC(=O)[C@@H]1CCCN1C(=O)[C@@H](N)CC(N)=O. The number of β-amino-alcohol motifs (C(OH)–C–C–N with tert-alkyl or cyclic N) is 1. The van der Waals surface area contributed by atoms with Crippen molar-refractivity contribution in [1.82, 2.24) is 98.0 Å². The molecule has 2 fully saturated rings. The van der Waals surface area contributed by atoms with E-state index < -0.39 is 230 Å². The highest BCUT2D eigenvalue weighted by molar-refractivity contribution is 8.00. The van der Waals surface area contributed by atoms with Gasteiger partial charge in [-0.3, -0.25) is 86.9 Å². The molecular weight excluding hydrogens is 1740 g/mol. The number of carbonyl (C=O) groups is 17. The Kier molecular flexibility index (Phi) is 39.6. The number of unbranched alkanes of at least 4 members (excludes halogenated alkanes) is 2. The minimum atomic E-state index is -1.93. The highest BCUT2D eigenvalue weighted by Crippen LogP contribution is 2.27. The lowest BCUT2D eigenvalue weighted by Crippen LogP contribution is -2.62. The number of imidazole rings is 1. The number of phenols is 1. The van der Waals surface area contributed by atoms with Crippen molar-refractivity contribution in [2.24, 2.45) is 28.7 Å². The van der Waals surface area contributed by atoms with E-state index in [1.54, 1.807) is 73.1 Å². The number of hydrogen-bond acceptors (Lipinski definition) is 24. The fourth-order valence-corrected chi connectivity index (χ4v) is 16.5. The van der Waals surface area contributed by atoms with Crippen molar-refractivity contribution in [2.75, 3.05) is 65.4 Å². The van der Waals surface area contributed by atoms with E-state index >= 15 is 28.8 Å². The number of carbonyl (C=O) groups excluding carboxylic acids is 17. The summed E-state index contributed by atoms with van der Waals surface area (Å²) in [5.74, 6) is -16.6. The Labute approximate surface area is 764 Å². The summed E-state index contributed by atoms with van der Waals surface area (Å²) in [6, 6.07) is 0.123. The Hall–Kier alpha value is -13.8. The number of aliphatic hydroxyl groups excluding tert-OH is 2. The molecule has 2 saturated heterocycles. The van der Waals surface area contributed by atoms with Crippen LogP contribution in [0.5, 0.6) is 5.75 Å². The number of guanidine groups is 1. The largest absolute Gasteiger partial charge is 0.508 e. The van der Waals surface area contributed by atoms with Crippen LogP contribution in [0.25, 0.3) is 21.8 Å². The van der Waals surface area contributed by atoms with Crippen LogP contribution >= 0.6 is 11.8 Å². The van der Waals surface area contributed by atoms with E-state index in [4.69, 9.17) is 34.1 Å². The zero-order valence-corrected chi connectivity index (χ0v) is 74.9. The van der Waals surface area contributed by atoms with Crippen LogP contribution in [0.2, 0.25) is 0 Å². The van der Waals surface area contributed by atoms with E-state index in [0.717, 1.165) is 31.4 Å². The number of fused-ring (bicyclic) bond motifs is 2. The molecule has 0 spiro atoms. The molecule has 6 aromatic rings. The smallest absolute Gasteiger partial charge is 0.246 e. The molecule has 46 heteroatoms. The second-order valence-electron chi connectivity index (χ2n) is 32.6. The molecule has 3 aromatic carbocycles. The molecule has 2 aliphatic heterocycles. The van der Waals surface area contributed by atoms with Gasteiger partial charge in [0.2, 0.25) is 100 Å². The third-order valence-corrected chi connectivity index (χ3v) is 23.7. The van der Waals surface area contributed by atoms with E-state index in [-0.39, 0.29) is 88.1 Å². The number of aromatic amines is 3. The van der Waals surface area contributed by atoms with Gasteiger partial charge >= 0.3 is 0 Å². The molecule has 8 rings (SSSR count). The molecule has 716 valence electrons. The Morgan fingerprint density at radius 2 is 1.11 bits per heavy atom. The molecule has 1 unspecified atom stereocenters. The fourth-order valence-electron chi connectivity index (χ4n) is 15.7. The molecule has 3 aromatic heterocycles. The number of hydrogen-bond donors (Lipinski definition) is 23. The number of nitrogens with one attached hydrogen (secondary N) is 15. The van der Waals surface area contributed by atoms with Crippen molar-refractivity contribution in [1.29, 1.82) is 5.41 Å². The lowest BCUT2D eigenvalue weighted by Gasteiger charge is -2.36. The quantitative estimate of drug-likeness (QED) is 0.00963. The first-order chi connectivity index (χ1) is 62.9. The number of para-hydroxylation sites is 2. The maximum atomic E-state index is 15.7. The first-order valence-electron chi connectivity index (χ1n) is 43.4. The van der Waals surface area contributed by atoms with Crippen LogP contribution in [-0.4, -0.2) is 311 Å². The van der Waals surface area contributed by atoms with E-state index in [0.29, 0.717) is 76.3 Å². The fraction of sp³-hybridized carbons (Fsp3) is 0.500. The van der Waals surface area contributed by atoms with Gasteiger partial charge in [0, 0.05) is 125 Å². The van der Waals surface area contributed by atoms with Crippen molar-refractivity contribution in [3.05, 3.63) is 120 Å². The van der Waals surface area contributed by atoms with Crippen molar-refractivity contribution in [3.63, 3.8) is 0 Å². The minimum Gasteiger partial charge on any atom is -0.508 e. The average molecular weight is 1860 g/mol. The van der Waals surface area contributed by atoms with Gasteiger partial charge in [0.15, 0.2) is 5.96 Å².